The summed E-state index contributed by atoms with van der Waals surface area (Å²) in [5.74, 6) is 1.83. The molecule has 11 rings (SSSR count). The summed E-state index contributed by atoms with van der Waals surface area (Å²) in [5.41, 5.74) is 11.7. The van der Waals surface area contributed by atoms with Crippen molar-refractivity contribution >= 4 is 43.6 Å². The van der Waals surface area contributed by atoms with E-state index in [9.17, 15) is 0 Å². The molecule has 8 aromatic carbocycles. The van der Waals surface area contributed by atoms with Crippen LogP contribution in [0.5, 0.6) is 0 Å². The van der Waals surface area contributed by atoms with Gasteiger partial charge in [-0.1, -0.05) is 170 Å². The first kappa shape index (κ1) is 32.7. The summed E-state index contributed by atoms with van der Waals surface area (Å²) in [5, 5.41) is 5.39. The maximum absolute atomic E-state index is 6.67. The van der Waals surface area contributed by atoms with Gasteiger partial charge >= 0.3 is 0 Å². The first-order valence-electron chi connectivity index (χ1n) is 19.1. The van der Waals surface area contributed by atoms with E-state index in [1.807, 2.05) is 72.8 Å². The van der Waals surface area contributed by atoms with E-state index in [4.69, 9.17) is 24.4 Å². The zero-order valence-corrected chi connectivity index (χ0v) is 30.7. The Bertz CT molecular complexity index is 3210. The number of hydrogen-bond acceptors (Lipinski definition) is 5. The molecular weight excluding hydrogens is 697 g/mol. The Kier molecular flexibility index (Phi) is 7.74. The van der Waals surface area contributed by atoms with Crippen LogP contribution in [0.2, 0.25) is 0 Å². The summed E-state index contributed by atoms with van der Waals surface area (Å²) in [7, 11) is 0. The first-order valence-corrected chi connectivity index (χ1v) is 19.1. The molecule has 0 atom stereocenters. The van der Waals surface area contributed by atoms with Crippen molar-refractivity contribution in [2.75, 3.05) is 0 Å². The van der Waals surface area contributed by atoms with E-state index in [1.165, 1.54) is 11.1 Å². The summed E-state index contributed by atoms with van der Waals surface area (Å²) >= 11 is 0. The Balaban J connectivity index is 1.17. The van der Waals surface area contributed by atoms with Gasteiger partial charge in [-0.15, -0.1) is 0 Å². The smallest absolute Gasteiger partial charge is 0.164 e. The molecule has 0 aliphatic rings. The molecule has 5 nitrogen and oxygen atoms in total. The van der Waals surface area contributed by atoms with Crippen molar-refractivity contribution in [3.8, 4) is 67.7 Å². The molecule has 0 unspecified atom stereocenters. The average Bonchev–Trinajstić information content (AvgIpc) is 3.67. The van der Waals surface area contributed by atoms with Gasteiger partial charge in [0, 0.05) is 54.7 Å². The van der Waals surface area contributed by atoms with Gasteiger partial charge < -0.3 is 4.42 Å². The van der Waals surface area contributed by atoms with Gasteiger partial charge in [0.15, 0.2) is 17.5 Å². The van der Waals surface area contributed by atoms with Crippen molar-refractivity contribution in [1.29, 1.82) is 0 Å². The molecule has 0 bridgehead atoms. The number of rotatable bonds is 6. The standard InChI is InChI=1S/C52H32N4O/c1-4-15-33(16-5-1)34-27-29-35(30-28-34)46-47-40-23-10-12-25-43(40)53-49(42(47)32-45-48(46)41-24-11-13-26-44(41)57-45)38-21-14-22-39(31-38)52-55-50(36-17-6-2-7-18-36)54-51(56-52)37-19-8-3-9-20-37/h1-32H. The second-order valence-electron chi connectivity index (χ2n) is 14.2. The lowest BCUT2D eigenvalue weighted by atomic mass is 9.89. The minimum absolute atomic E-state index is 0.591. The molecule has 266 valence electrons. The minimum Gasteiger partial charge on any atom is -0.456 e. The number of nitrogens with zero attached hydrogens (tertiary/aromatic N) is 4. The molecule has 0 N–H and O–H groups in total. The highest BCUT2D eigenvalue weighted by molar-refractivity contribution is 6.27. The second kappa shape index (κ2) is 13.5. The number of hydrogen-bond donors (Lipinski definition) is 0. The van der Waals surface area contributed by atoms with E-state index in [2.05, 4.69) is 121 Å². The minimum atomic E-state index is 0.591. The molecular formula is C52H32N4O. The predicted molar refractivity (Wildman–Crippen MR) is 233 cm³/mol. The van der Waals surface area contributed by atoms with Crippen LogP contribution in [0, 0.1) is 0 Å². The van der Waals surface area contributed by atoms with E-state index in [1.54, 1.807) is 0 Å². The monoisotopic (exact) mass is 728 g/mol. The quantitative estimate of drug-likeness (QED) is 0.160. The Morgan fingerprint density at radius 1 is 0.298 bits per heavy atom. The average molecular weight is 729 g/mol. The summed E-state index contributed by atoms with van der Waals surface area (Å²) in [6.45, 7) is 0. The van der Waals surface area contributed by atoms with E-state index in [0.717, 1.165) is 82.7 Å². The van der Waals surface area contributed by atoms with Gasteiger partial charge in [0.05, 0.1) is 11.2 Å². The van der Waals surface area contributed by atoms with Gasteiger partial charge in [-0.05, 0) is 41.0 Å². The normalized spacial score (nSPS) is 11.5. The summed E-state index contributed by atoms with van der Waals surface area (Å²) in [6, 6.07) is 66.9. The lowest BCUT2D eigenvalue weighted by Gasteiger charge is -2.16. The molecule has 0 spiro atoms. The van der Waals surface area contributed by atoms with Gasteiger partial charge in [-0.3, -0.25) is 0 Å². The van der Waals surface area contributed by atoms with Crippen LogP contribution in [0.4, 0.5) is 0 Å². The maximum atomic E-state index is 6.67. The largest absolute Gasteiger partial charge is 0.456 e. The van der Waals surface area contributed by atoms with E-state index in [0.29, 0.717) is 17.5 Å². The second-order valence-corrected chi connectivity index (χ2v) is 14.2. The first-order chi connectivity index (χ1) is 28.2. The fourth-order valence-corrected chi connectivity index (χ4v) is 8.03. The number of aromatic nitrogens is 4. The van der Waals surface area contributed by atoms with Gasteiger partial charge in [-0.25, -0.2) is 19.9 Å². The third kappa shape index (κ3) is 5.72. The van der Waals surface area contributed by atoms with Crippen LogP contribution in [-0.4, -0.2) is 19.9 Å². The van der Waals surface area contributed by atoms with Crippen LogP contribution in [0.25, 0.3) is 111 Å². The molecule has 0 amide bonds. The van der Waals surface area contributed by atoms with Crippen molar-refractivity contribution in [2.24, 2.45) is 0 Å². The zero-order chi connectivity index (χ0) is 37.7. The molecule has 11 aromatic rings. The molecule has 5 heteroatoms. The molecule has 3 aromatic heterocycles. The highest BCUT2D eigenvalue weighted by Gasteiger charge is 2.22. The van der Waals surface area contributed by atoms with E-state index < -0.39 is 0 Å². The zero-order valence-electron chi connectivity index (χ0n) is 30.7. The van der Waals surface area contributed by atoms with E-state index >= 15 is 0 Å². The Morgan fingerprint density at radius 2 is 0.807 bits per heavy atom. The Hall–Kier alpha value is -7.76. The molecule has 57 heavy (non-hydrogen) atoms. The summed E-state index contributed by atoms with van der Waals surface area (Å²) < 4.78 is 6.67. The van der Waals surface area contributed by atoms with Crippen LogP contribution in [0.3, 0.4) is 0 Å². The number of pyridine rings is 1. The van der Waals surface area contributed by atoms with Crippen LogP contribution in [-0.2, 0) is 0 Å². The lowest BCUT2D eigenvalue weighted by molar-refractivity contribution is 0.669. The Labute approximate surface area is 328 Å². The summed E-state index contributed by atoms with van der Waals surface area (Å²) in [6.07, 6.45) is 0. The van der Waals surface area contributed by atoms with Crippen molar-refractivity contribution in [3.63, 3.8) is 0 Å². The van der Waals surface area contributed by atoms with Crippen molar-refractivity contribution in [3.05, 3.63) is 194 Å². The molecule has 0 aliphatic heterocycles. The Morgan fingerprint density at radius 3 is 1.49 bits per heavy atom. The highest BCUT2D eigenvalue weighted by Crippen LogP contribution is 2.46. The molecule has 3 heterocycles. The fourth-order valence-electron chi connectivity index (χ4n) is 8.03. The number of para-hydroxylation sites is 2. The van der Waals surface area contributed by atoms with Crippen LogP contribution < -0.4 is 0 Å². The number of furan rings is 1. The van der Waals surface area contributed by atoms with Crippen LogP contribution in [0.15, 0.2) is 199 Å². The lowest BCUT2D eigenvalue weighted by Crippen LogP contribution is -2.00. The van der Waals surface area contributed by atoms with Gasteiger partial charge in [0.2, 0.25) is 0 Å². The fraction of sp³-hybridized carbons (Fsp3) is 0. The summed E-state index contributed by atoms with van der Waals surface area (Å²) in [4.78, 5) is 20.4. The van der Waals surface area contributed by atoms with E-state index in [-0.39, 0.29) is 0 Å². The van der Waals surface area contributed by atoms with Gasteiger partial charge in [0.25, 0.3) is 0 Å². The topological polar surface area (TPSA) is 64.7 Å². The van der Waals surface area contributed by atoms with Crippen molar-refractivity contribution in [2.45, 2.75) is 0 Å². The number of benzene rings is 8. The molecule has 0 saturated heterocycles. The molecule has 0 radical (unpaired) electrons. The SMILES string of the molecule is c1ccc(-c2ccc(-c3c4c(cc5c(-c6cccc(-c7nc(-c8ccccc8)nc(-c8ccccc8)n7)c6)nc6ccccc6c35)oc3ccccc34)cc2)cc1. The maximum Gasteiger partial charge on any atom is 0.164 e. The van der Waals surface area contributed by atoms with Crippen molar-refractivity contribution < 1.29 is 4.42 Å². The van der Waals surface area contributed by atoms with Gasteiger partial charge in [-0.2, -0.15) is 0 Å². The molecule has 0 saturated carbocycles. The van der Waals surface area contributed by atoms with Gasteiger partial charge in [0.1, 0.15) is 11.2 Å². The van der Waals surface area contributed by atoms with Crippen LogP contribution >= 0.6 is 0 Å². The highest BCUT2D eigenvalue weighted by atomic mass is 16.3. The molecule has 0 aliphatic carbocycles. The predicted octanol–water partition coefficient (Wildman–Crippen LogP) is 13.5. The number of fused-ring (bicyclic) bond motifs is 6. The third-order valence-electron chi connectivity index (χ3n) is 10.7. The van der Waals surface area contributed by atoms with Crippen molar-refractivity contribution in [1.82, 2.24) is 19.9 Å². The van der Waals surface area contributed by atoms with Crippen LogP contribution in [0.1, 0.15) is 0 Å². The molecule has 0 fully saturated rings. The third-order valence-corrected chi connectivity index (χ3v) is 10.7.